The maximum atomic E-state index is 12.2. The smallest absolute Gasteiger partial charge is 0.305 e. The first kappa shape index (κ1) is 17.5. The van der Waals surface area contributed by atoms with Crippen LogP contribution in [0, 0.1) is 0 Å². The van der Waals surface area contributed by atoms with E-state index in [0.717, 1.165) is 13.0 Å². The van der Waals surface area contributed by atoms with Crippen LogP contribution in [0.15, 0.2) is 35.3 Å². The molecule has 0 saturated heterocycles. The molecule has 0 radical (unpaired) electrons. The van der Waals surface area contributed by atoms with Crippen LogP contribution < -0.4 is 21.3 Å². The fourth-order valence-electron chi connectivity index (χ4n) is 2.10. The minimum Gasteiger partial charge on any atom is -0.492 e. The van der Waals surface area contributed by atoms with Gasteiger partial charge < -0.3 is 20.9 Å². The van der Waals surface area contributed by atoms with Gasteiger partial charge in [-0.05, 0) is 18.2 Å². The topological polar surface area (TPSA) is 125 Å². The second-order valence-corrected chi connectivity index (χ2v) is 5.20. The summed E-state index contributed by atoms with van der Waals surface area (Å²) >= 11 is 0. The predicted molar refractivity (Wildman–Crippen MR) is 86.1 cm³/mol. The van der Waals surface area contributed by atoms with E-state index in [1.54, 1.807) is 24.4 Å². The number of nitrogens with zero attached hydrogens (tertiary/aromatic N) is 1. The van der Waals surface area contributed by atoms with Crippen molar-refractivity contribution >= 4 is 17.4 Å². The Balaban J connectivity index is 2.17. The summed E-state index contributed by atoms with van der Waals surface area (Å²) in [7, 11) is 0. The Morgan fingerprint density at radius 2 is 2.08 bits per heavy atom. The van der Waals surface area contributed by atoms with Crippen molar-refractivity contribution in [3.63, 3.8) is 0 Å². The lowest BCUT2D eigenvalue weighted by atomic mass is 10.2. The SMILES string of the molecule is [NH3+]CCCOc1ccc2cc(C(=O)NCCC(=O)O)cc(=O)n2c1. The summed E-state index contributed by atoms with van der Waals surface area (Å²) in [5.74, 6) is -0.913. The van der Waals surface area contributed by atoms with Crippen LogP contribution in [0.2, 0.25) is 0 Å². The standard InChI is InChI=1S/C16H19N3O5/c17-5-1-7-24-13-3-2-12-8-11(9-14(20)19(12)10-13)16(23)18-6-4-15(21)22/h2-3,8-10H,1,4-7,17H2,(H,18,23)(H,21,22)/p+1. The van der Waals surface area contributed by atoms with E-state index in [1.807, 2.05) is 0 Å². The van der Waals surface area contributed by atoms with Gasteiger partial charge in [-0.15, -0.1) is 0 Å². The summed E-state index contributed by atoms with van der Waals surface area (Å²) in [4.78, 5) is 34.6. The zero-order chi connectivity index (χ0) is 17.5. The maximum Gasteiger partial charge on any atom is 0.305 e. The number of hydrogen-bond acceptors (Lipinski definition) is 4. The second-order valence-electron chi connectivity index (χ2n) is 5.20. The van der Waals surface area contributed by atoms with Crippen LogP contribution in [0.3, 0.4) is 0 Å². The van der Waals surface area contributed by atoms with E-state index in [-0.39, 0.29) is 24.1 Å². The molecule has 128 valence electrons. The molecule has 0 bridgehead atoms. The maximum absolute atomic E-state index is 12.2. The van der Waals surface area contributed by atoms with Crippen LogP contribution in [0.4, 0.5) is 0 Å². The van der Waals surface area contributed by atoms with Crippen molar-refractivity contribution in [1.29, 1.82) is 0 Å². The van der Waals surface area contributed by atoms with E-state index in [1.165, 1.54) is 10.5 Å². The van der Waals surface area contributed by atoms with Gasteiger partial charge in [0, 0.05) is 30.1 Å². The van der Waals surface area contributed by atoms with Gasteiger partial charge >= 0.3 is 5.97 Å². The number of carboxylic acid groups (broad SMARTS) is 1. The summed E-state index contributed by atoms with van der Waals surface area (Å²) in [6.45, 7) is 1.30. The lowest BCUT2D eigenvalue weighted by Gasteiger charge is -2.09. The summed E-state index contributed by atoms with van der Waals surface area (Å²) in [6, 6.07) is 6.19. The van der Waals surface area contributed by atoms with Gasteiger partial charge in [0.15, 0.2) is 0 Å². The Morgan fingerprint density at radius 1 is 1.29 bits per heavy atom. The average molecular weight is 334 g/mol. The summed E-state index contributed by atoms with van der Waals surface area (Å²) < 4.78 is 6.92. The van der Waals surface area contributed by atoms with Crippen LogP contribution in [0.25, 0.3) is 5.52 Å². The molecule has 0 aliphatic rings. The molecule has 8 heteroatoms. The van der Waals surface area contributed by atoms with Gasteiger partial charge in [-0.1, -0.05) is 0 Å². The third-order valence-electron chi connectivity index (χ3n) is 3.32. The number of carbonyl (C=O) groups excluding carboxylic acids is 1. The molecular weight excluding hydrogens is 314 g/mol. The van der Waals surface area contributed by atoms with E-state index in [2.05, 4.69) is 11.1 Å². The Hall–Kier alpha value is -2.87. The minimum absolute atomic E-state index is 0.00655. The lowest BCUT2D eigenvalue weighted by Crippen LogP contribution is -2.50. The minimum atomic E-state index is -1.000. The highest BCUT2D eigenvalue weighted by atomic mass is 16.5. The van der Waals surface area contributed by atoms with E-state index >= 15 is 0 Å². The highest BCUT2D eigenvalue weighted by Gasteiger charge is 2.10. The molecule has 2 aromatic heterocycles. The number of aromatic nitrogens is 1. The normalized spacial score (nSPS) is 10.5. The number of hydrogen-bond donors (Lipinski definition) is 3. The third kappa shape index (κ3) is 4.56. The number of carbonyl (C=O) groups is 2. The first-order chi connectivity index (χ1) is 11.5. The van der Waals surface area contributed by atoms with Crippen molar-refractivity contribution in [2.75, 3.05) is 19.7 Å². The van der Waals surface area contributed by atoms with E-state index in [0.29, 0.717) is 17.9 Å². The molecule has 2 aromatic rings. The molecular formula is C16H20N3O5+. The quantitative estimate of drug-likeness (QED) is 0.562. The number of fused-ring (bicyclic) bond motifs is 1. The molecule has 0 saturated carbocycles. The van der Waals surface area contributed by atoms with Crippen LogP contribution in [0.5, 0.6) is 5.75 Å². The van der Waals surface area contributed by atoms with Gasteiger partial charge in [0.05, 0.1) is 25.8 Å². The number of pyridine rings is 2. The fourth-order valence-corrected chi connectivity index (χ4v) is 2.10. The zero-order valence-electron chi connectivity index (χ0n) is 13.2. The number of nitrogens with one attached hydrogen (secondary N) is 1. The summed E-state index contributed by atoms with van der Waals surface area (Å²) in [6.07, 6.45) is 2.22. The first-order valence-electron chi connectivity index (χ1n) is 7.60. The molecule has 0 aliphatic heterocycles. The van der Waals surface area contributed by atoms with Crippen molar-refractivity contribution in [2.45, 2.75) is 12.8 Å². The van der Waals surface area contributed by atoms with Gasteiger partial charge in [-0.2, -0.15) is 0 Å². The zero-order valence-corrected chi connectivity index (χ0v) is 13.2. The molecule has 0 atom stereocenters. The van der Waals surface area contributed by atoms with Crippen LogP contribution in [-0.2, 0) is 4.79 Å². The molecule has 0 fully saturated rings. The lowest BCUT2D eigenvalue weighted by molar-refractivity contribution is -0.368. The van der Waals surface area contributed by atoms with E-state index in [4.69, 9.17) is 9.84 Å². The first-order valence-corrected chi connectivity index (χ1v) is 7.60. The van der Waals surface area contributed by atoms with E-state index in [9.17, 15) is 14.4 Å². The molecule has 2 heterocycles. The molecule has 8 nitrogen and oxygen atoms in total. The Bertz CT molecular complexity index is 800. The van der Waals surface area contributed by atoms with Gasteiger partial charge in [0.1, 0.15) is 5.75 Å². The average Bonchev–Trinajstić information content (AvgIpc) is 2.55. The van der Waals surface area contributed by atoms with Crippen molar-refractivity contribution in [3.05, 3.63) is 46.4 Å². The monoisotopic (exact) mass is 334 g/mol. The van der Waals surface area contributed by atoms with Crippen molar-refractivity contribution < 1.29 is 25.2 Å². The molecule has 24 heavy (non-hydrogen) atoms. The number of carboxylic acids is 1. The Morgan fingerprint density at radius 3 is 2.79 bits per heavy atom. The molecule has 0 aliphatic carbocycles. The summed E-state index contributed by atoms with van der Waals surface area (Å²) in [5.41, 5.74) is 4.11. The molecule has 1 amide bonds. The van der Waals surface area contributed by atoms with Crippen molar-refractivity contribution in [3.8, 4) is 5.75 Å². The Kier molecular flexibility index (Phi) is 5.91. The molecule has 0 unspecified atom stereocenters. The second kappa shape index (κ2) is 8.11. The van der Waals surface area contributed by atoms with Crippen LogP contribution >= 0.6 is 0 Å². The molecule has 2 rings (SSSR count). The number of quaternary nitrogens is 1. The van der Waals surface area contributed by atoms with Gasteiger partial charge in [-0.25, -0.2) is 0 Å². The van der Waals surface area contributed by atoms with Crippen molar-refractivity contribution in [2.24, 2.45) is 0 Å². The third-order valence-corrected chi connectivity index (χ3v) is 3.32. The summed E-state index contributed by atoms with van der Waals surface area (Å²) in [5, 5.41) is 11.0. The largest absolute Gasteiger partial charge is 0.492 e. The van der Waals surface area contributed by atoms with Gasteiger partial charge in [0.2, 0.25) is 0 Å². The van der Waals surface area contributed by atoms with Crippen LogP contribution in [-0.4, -0.2) is 41.1 Å². The van der Waals surface area contributed by atoms with E-state index < -0.39 is 11.9 Å². The number of aliphatic carboxylic acids is 1. The van der Waals surface area contributed by atoms with Crippen molar-refractivity contribution in [1.82, 2.24) is 9.72 Å². The van der Waals surface area contributed by atoms with Gasteiger partial charge in [-0.3, -0.25) is 18.8 Å². The molecule has 0 spiro atoms. The number of amides is 1. The Labute approximate surface area is 137 Å². The van der Waals surface area contributed by atoms with Crippen LogP contribution in [0.1, 0.15) is 23.2 Å². The highest BCUT2D eigenvalue weighted by molar-refractivity contribution is 5.95. The predicted octanol–water partition coefficient (Wildman–Crippen LogP) is -0.485. The van der Waals surface area contributed by atoms with Gasteiger partial charge in [0.25, 0.3) is 11.5 Å². The highest BCUT2D eigenvalue weighted by Crippen LogP contribution is 2.13. The number of ether oxygens (including phenoxy) is 1. The molecule has 0 aromatic carbocycles. The fraction of sp³-hybridized carbons (Fsp3) is 0.312. The number of rotatable bonds is 8. The molecule has 5 N–H and O–H groups in total.